The van der Waals surface area contributed by atoms with E-state index in [0.29, 0.717) is 10.8 Å². The zero-order chi connectivity index (χ0) is 17.8. The van der Waals surface area contributed by atoms with Gasteiger partial charge in [0.25, 0.3) is 0 Å². The number of para-hydroxylation sites is 1. The molecule has 0 unspecified atom stereocenters. The van der Waals surface area contributed by atoms with Gasteiger partial charge in [-0.3, -0.25) is 20.9 Å². The van der Waals surface area contributed by atoms with Crippen molar-refractivity contribution in [3.05, 3.63) is 84.1 Å². The number of pyridine rings is 1. The number of H-pyrrole nitrogens is 1. The van der Waals surface area contributed by atoms with Crippen molar-refractivity contribution in [2.45, 2.75) is 0 Å². The molecule has 5 nitrogen and oxygen atoms in total. The lowest BCUT2D eigenvalue weighted by Gasteiger charge is -2.10. The highest BCUT2D eigenvalue weighted by molar-refractivity contribution is 6.30. The SMILES string of the molecule is Clc1ccc(-c2[nH]nc(NNc3ccccc3)c2-c2ccncc2)cc1. The monoisotopic (exact) mass is 361 g/mol. The van der Waals surface area contributed by atoms with Crippen LogP contribution >= 0.6 is 11.6 Å². The molecule has 2 aromatic heterocycles. The van der Waals surface area contributed by atoms with Crippen LogP contribution in [0.3, 0.4) is 0 Å². The van der Waals surface area contributed by atoms with Gasteiger partial charge in [0.1, 0.15) is 0 Å². The average molecular weight is 362 g/mol. The Morgan fingerprint density at radius 3 is 2.23 bits per heavy atom. The van der Waals surface area contributed by atoms with Gasteiger partial charge in [-0.2, -0.15) is 5.10 Å². The number of aromatic amines is 1. The molecule has 4 rings (SSSR count). The van der Waals surface area contributed by atoms with Gasteiger partial charge in [-0.15, -0.1) is 0 Å². The van der Waals surface area contributed by atoms with Crippen LogP contribution in [0, 0.1) is 0 Å². The molecular formula is C20H16ClN5. The molecular weight excluding hydrogens is 346 g/mol. The summed E-state index contributed by atoms with van der Waals surface area (Å²) in [6.45, 7) is 0. The number of rotatable bonds is 5. The van der Waals surface area contributed by atoms with Gasteiger partial charge in [0.05, 0.1) is 16.9 Å². The van der Waals surface area contributed by atoms with Crippen LogP contribution in [0.2, 0.25) is 5.02 Å². The smallest absolute Gasteiger partial charge is 0.174 e. The van der Waals surface area contributed by atoms with Gasteiger partial charge in [-0.1, -0.05) is 41.9 Å². The second-order valence-corrected chi connectivity index (χ2v) is 6.12. The molecule has 128 valence electrons. The number of anilines is 2. The fraction of sp³-hybridized carbons (Fsp3) is 0. The minimum atomic E-state index is 0.697. The summed E-state index contributed by atoms with van der Waals surface area (Å²) in [5.74, 6) is 0.699. The number of aromatic nitrogens is 3. The van der Waals surface area contributed by atoms with E-state index in [1.165, 1.54) is 0 Å². The van der Waals surface area contributed by atoms with Crippen LogP contribution < -0.4 is 10.9 Å². The Bertz CT molecular complexity index is 982. The van der Waals surface area contributed by atoms with Gasteiger partial charge in [0, 0.05) is 23.0 Å². The lowest BCUT2D eigenvalue weighted by molar-refractivity contribution is 1.09. The predicted octanol–water partition coefficient (Wildman–Crippen LogP) is 5.23. The average Bonchev–Trinajstić information content (AvgIpc) is 3.12. The van der Waals surface area contributed by atoms with E-state index in [0.717, 1.165) is 28.1 Å². The maximum absolute atomic E-state index is 6.02. The van der Waals surface area contributed by atoms with E-state index in [1.54, 1.807) is 12.4 Å². The van der Waals surface area contributed by atoms with Crippen LogP contribution in [0.5, 0.6) is 0 Å². The maximum atomic E-state index is 6.02. The van der Waals surface area contributed by atoms with Crippen LogP contribution in [-0.4, -0.2) is 15.2 Å². The fourth-order valence-corrected chi connectivity index (χ4v) is 2.84. The fourth-order valence-electron chi connectivity index (χ4n) is 2.71. The lowest BCUT2D eigenvalue weighted by Crippen LogP contribution is -2.09. The van der Waals surface area contributed by atoms with Crippen molar-refractivity contribution >= 4 is 23.1 Å². The van der Waals surface area contributed by atoms with E-state index < -0.39 is 0 Å². The van der Waals surface area contributed by atoms with Crippen LogP contribution in [-0.2, 0) is 0 Å². The minimum absolute atomic E-state index is 0.697. The summed E-state index contributed by atoms with van der Waals surface area (Å²) < 4.78 is 0. The van der Waals surface area contributed by atoms with Crippen LogP contribution in [0.4, 0.5) is 11.5 Å². The van der Waals surface area contributed by atoms with E-state index in [4.69, 9.17) is 11.6 Å². The molecule has 0 aliphatic heterocycles. The first kappa shape index (κ1) is 16.2. The van der Waals surface area contributed by atoms with Crippen molar-refractivity contribution in [2.75, 3.05) is 10.9 Å². The highest BCUT2D eigenvalue weighted by Crippen LogP contribution is 2.36. The summed E-state index contributed by atoms with van der Waals surface area (Å²) >= 11 is 6.02. The second kappa shape index (κ2) is 7.29. The molecule has 26 heavy (non-hydrogen) atoms. The molecule has 0 spiro atoms. The first-order valence-electron chi connectivity index (χ1n) is 8.13. The molecule has 0 saturated carbocycles. The summed E-state index contributed by atoms with van der Waals surface area (Å²) in [5, 5.41) is 8.28. The second-order valence-electron chi connectivity index (χ2n) is 5.68. The minimum Gasteiger partial charge on any atom is -0.300 e. The van der Waals surface area contributed by atoms with Crippen molar-refractivity contribution in [3.8, 4) is 22.4 Å². The lowest BCUT2D eigenvalue weighted by atomic mass is 10.0. The Morgan fingerprint density at radius 1 is 0.769 bits per heavy atom. The van der Waals surface area contributed by atoms with Gasteiger partial charge in [0.15, 0.2) is 5.82 Å². The normalized spacial score (nSPS) is 10.5. The number of nitrogens with one attached hydrogen (secondary N) is 3. The highest BCUT2D eigenvalue weighted by atomic mass is 35.5. The molecule has 0 saturated heterocycles. The molecule has 2 aromatic carbocycles. The number of hydrazine groups is 1. The Morgan fingerprint density at radius 2 is 1.50 bits per heavy atom. The number of hydrogen-bond acceptors (Lipinski definition) is 4. The van der Waals surface area contributed by atoms with E-state index >= 15 is 0 Å². The standard InChI is InChI=1S/C20H16ClN5/c21-16-8-6-15(7-9-16)19-18(14-10-12-22-13-11-14)20(26-24-19)25-23-17-4-2-1-3-5-17/h1-13,23H,(H2,24,25,26). The topological polar surface area (TPSA) is 65.6 Å². The van der Waals surface area contributed by atoms with E-state index in [9.17, 15) is 0 Å². The quantitative estimate of drug-likeness (QED) is 0.426. The van der Waals surface area contributed by atoms with Crippen molar-refractivity contribution in [1.82, 2.24) is 15.2 Å². The third-order valence-corrected chi connectivity index (χ3v) is 4.22. The van der Waals surface area contributed by atoms with Gasteiger partial charge in [-0.05, 0) is 42.0 Å². The van der Waals surface area contributed by atoms with Gasteiger partial charge in [-0.25, -0.2) is 0 Å². The van der Waals surface area contributed by atoms with Crippen molar-refractivity contribution in [3.63, 3.8) is 0 Å². The third kappa shape index (κ3) is 3.38. The first-order chi connectivity index (χ1) is 12.8. The summed E-state index contributed by atoms with van der Waals surface area (Å²) in [6.07, 6.45) is 3.53. The molecule has 0 aliphatic rings. The highest BCUT2D eigenvalue weighted by Gasteiger charge is 2.16. The molecule has 0 amide bonds. The Hall–Kier alpha value is -3.31. The largest absolute Gasteiger partial charge is 0.300 e. The predicted molar refractivity (Wildman–Crippen MR) is 106 cm³/mol. The van der Waals surface area contributed by atoms with Crippen LogP contribution in [0.15, 0.2) is 79.1 Å². The zero-order valence-electron chi connectivity index (χ0n) is 13.8. The van der Waals surface area contributed by atoms with E-state index in [1.807, 2.05) is 66.7 Å². The molecule has 0 radical (unpaired) electrons. The van der Waals surface area contributed by atoms with Crippen molar-refractivity contribution in [2.24, 2.45) is 0 Å². The van der Waals surface area contributed by atoms with E-state index in [2.05, 4.69) is 26.0 Å². The first-order valence-corrected chi connectivity index (χ1v) is 8.51. The number of hydrogen-bond donors (Lipinski definition) is 3. The van der Waals surface area contributed by atoms with Crippen molar-refractivity contribution in [1.29, 1.82) is 0 Å². The molecule has 4 aromatic rings. The van der Waals surface area contributed by atoms with Gasteiger partial charge in [0.2, 0.25) is 0 Å². The summed E-state index contributed by atoms with van der Waals surface area (Å²) in [4.78, 5) is 4.11. The summed E-state index contributed by atoms with van der Waals surface area (Å²) in [7, 11) is 0. The molecule has 0 aliphatic carbocycles. The molecule has 6 heteroatoms. The van der Waals surface area contributed by atoms with Crippen LogP contribution in [0.25, 0.3) is 22.4 Å². The molecule has 3 N–H and O–H groups in total. The van der Waals surface area contributed by atoms with Crippen molar-refractivity contribution < 1.29 is 0 Å². The zero-order valence-corrected chi connectivity index (χ0v) is 14.5. The Balaban J connectivity index is 1.73. The number of halogens is 1. The van der Waals surface area contributed by atoms with E-state index in [-0.39, 0.29) is 0 Å². The Labute approximate surface area is 156 Å². The van der Waals surface area contributed by atoms with Crippen LogP contribution in [0.1, 0.15) is 0 Å². The molecule has 0 fully saturated rings. The third-order valence-electron chi connectivity index (χ3n) is 3.97. The maximum Gasteiger partial charge on any atom is 0.174 e. The molecule has 0 atom stereocenters. The van der Waals surface area contributed by atoms with Gasteiger partial charge < -0.3 is 0 Å². The number of benzene rings is 2. The Kier molecular flexibility index (Phi) is 4.53. The summed E-state index contributed by atoms with van der Waals surface area (Å²) in [6, 6.07) is 21.4. The molecule has 0 bridgehead atoms. The van der Waals surface area contributed by atoms with Gasteiger partial charge >= 0.3 is 0 Å². The summed E-state index contributed by atoms with van der Waals surface area (Å²) in [5.41, 5.74) is 11.2. The number of nitrogens with zero attached hydrogens (tertiary/aromatic N) is 2. The molecule has 2 heterocycles.